The summed E-state index contributed by atoms with van der Waals surface area (Å²) in [5, 5.41) is 14.9. The standard InChI is InChI=1S/C22H18N6O2S2/c1-13-7-9-15(10-8-13)27-19(30)16-5-3-4-6-17(16)28-21(27)25-26-22(28)32-12-18(29)24-20-23-14(2)11-31-20/h3-11H,12H2,1-2H3,(H,23,24,29). The number of thioether (sulfide) groups is 1. The fraction of sp³-hybridized carbons (Fsp3) is 0.136. The van der Waals surface area contributed by atoms with Gasteiger partial charge in [0.05, 0.1) is 28.0 Å². The Bertz CT molecular complexity index is 1520. The van der Waals surface area contributed by atoms with E-state index >= 15 is 0 Å². The van der Waals surface area contributed by atoms with E-state index in [9.17, 15) is 9.59 Å². The van der Waals surface area contributed by atoms with E-state index in [4.69, 9.17) is 0 Å². The highest BCUT2D eigenvalue weighted by molar-refractivity contribution is 7.99. The van der Waals surface area contributed by atoms with Crippen LogP contribution in [-0.2, 0) is 4.79 Å². The van der Waals surface area contributed by atoms with Crippen LogP contribution in [0, 0.1) is 13.8 Å². The van der Waals surface area contributed by atoms with Gasteiger partial charge in [0.25, 0.3) is 5.56 Å². The summed E-state index contributed by atoms with van der Waals surface area (Å²) in [4.78, 5) is 30.0. The lowest BCUT2D eigenvalue weighted by molar-refractivity contribution is -0.113. The summed E-state index contributed by atoms with van der Waals surface area (Å²) in [5.41, 5.74) is 3.19. The highest BCUT2D eigenvalue weighted by Crippen LogP contribution is 2.24. The zero-order valence-electron chi connectivity index (χ0n) is 17.3. The number of rotatable bonds is 5. The monoisotopic (exact) mass is 462 g/mol. The molecule has 3 aromatic heterocycles. The summed E-state index contributed by atoms with van der Waals surface area (Å²) in [6, 6.07) is 15.0. The summed E-state index contributed by atoms with van der Waals surface area (Å²) in [6.45, 7) is 3.87. The average Bonchev–Trinajstić information content (AvgIpc) is 3.39. The van der Waals surface area contributed by atoms with Crippen LogP contribution in [0.1, 0.15) is 11.3 Å². The number of amides is 1. The minimum absolute atomic E-state index is 0.136. The van der Waals surface area contributed by atoms with Crippen molar-refractivity contribution in [1.29, 1.82) is 0 Å². The van der Waals surface area contributed by atoms with Crippen LogP contribution in [-0.4, -0.2) is 35.8 Å². The van der Waals surface area contributed by atoms with Gasteiger partial charge in [0.1, 0.15) is 0 Å². The number of thiazole rings is 1. The second-order valence-corrected chi connectivity index (χ2v) is 9.04. The van der Waals surface area contributed by atoms with E-state index in [1.165, 1.54) is 23.1 Å². The van der Waals surface area contributed by atoms with Crippen molar-refractivity contribution in [3.8, 4) is 5.69 Å². The first-order valence-electron chi connectivity index (χ1n) is 9.82. The lowest BCUT2D eigenvalue weighted by Crippen LogP contribution is -2.22. The van der Waals surface area contributed by atoms with Gasteiger partial charge in [0.15, 0.2) is 10.3 Å². The second-order valence-electron chi connectivity index (χ2n) is 7.24. The van der Waals surface area contributed by atoms with Crippen molar-refractivity contribution in [2.45, 2.75) is 19.0 Å². The first kappa shape index (κ1) is 20.4. The van der Waals surface area contributed by atoms with Crippen LogP contribution in [0.3, 0.4) is 0 Å². The predicted octanol–water partition coefficient (Wildman–Crippen LogP) is 3.84. The van der Waals surface area contributed by atoms with Crippen LogP contribution in [0.5, 0.6) is 0 Å². The number of carbonyl (C=O) groups excluding carboxylic acids is 1. The summed E-state index contributed by atoms with van der Waals surface area (Å²) >= 11 is 2.64. The molecule has 32 heavy (non-hydrogen) atoms. The molecule has 0 saturated carbocycles. The van der Waals surface area contributed by atoms with E-state index in [1.807, 2.05) is 66.1 Å². The zero-order valence-corrected chi connectivity index (χ0v) is 18.9. The fourth-order valence-corrected chi connectivity index (χ4v) is 4.84. The first-order chi connectivity index (χ1) is 15.5. The van der Waals surface area contributed by atoms with Crippen LogP contribution < -0.4 is 10.9 Å². The van der Waals surface area contributed by atoms with E-state index in [2.05, 4.69) is 20.5 Å². The molecule has 0 saturated heterocycles. The number of aryl methyl sites for hydroxylation is 2. The van der Waals surface area contributed by atoms with Gasteiger partial charge < -0.3 is 5.32 Å². The maximum atomic E-state index is 13.3. The third kappa shape index (κ3) is 3.67. The Morgan fingerprint density at radius 2 is 1.88 bits per heavy atom. The third-order valence-corrected chi connectivity index (χ3v) is 6.69. The second kappa shape index (κ2) is 8.21. The topological polar surface area (TPSA) is 94.2 Å². The lowest BCUT2D eigenvalue weighted by Gasteiger charge is -2.11. The number of hydrogen-bond donors (Lipinski definition) is 1. The van der Waals surface area contributed by atoms with Crippen molar-refractivity contribution < 1.29 is 4.79 Å². The summed E-state index contributed by atoms with van der Waals surface area (Å²) in [7, 11) is 0. The fourth-order valence-electron chi connectivity index (χ4n) is 3.40. The number of benzene rings is 2. The quantitative estimate of drug-likeness (QED) is 0.399. The summed E-state index contributed by atoms with van der Waals surface area (Å²) in [5.74, 6) is 0.352. The molecule has 8 nitrogen and oxygen atoms in total. The molecule has 5 aromatic rings. The molecule has 2 aromatic carbocycles. The van der Waals surface area contributed by atoms with Gasteiger partial charge in [-0.3, -0.25) is 14.0 Å². The Morgan fingerprint density at radius 3 is 2.62 bits per heavy atom. The number of nitrogens with one attached hydrogen (secondary N) is 1. The van der Waals surface area contributed by atoms with Gasteiger partial charge in [-0.1, -0.05) is 41.6 Å². The number of carbonyl (C=O) groups is 1. The first-order valence-corrected chi connectivity index (χ1v) is 11.7. The van der Waals surface area contributed by atoms with Crippen LogP contribution in [0.25, 0.3) is 22.4 Å². The van der Waals surface area contributed by atoms with Gasteiger partial charge in [-0.2, -0.15) is 0 Å². The maximum absolute atomic E-state index is 13.3. The van der Waals surface area contributed by atoms with Crippen molar-refractivity contribution in [2.75, 3.05) is 11.1 Å². The van der Waals surface area contributed by atoms with E-state index in [0.29, 0.717) is 32.7 Å². The molecule has 1 N–H and O–H groups in total. The molecule has 5 rings (SSSR count). The highest BCUT2D eigenvalue weighted by Gasteiger charge is 2.18. The number of para-hydroxylation sites is 1. The Hall–Kier alpha value is -3.50. The minimum Gasteiger partial charge on any atom is -0.301 e. The number of anilines is 1. The molecule has 0 spiro atoms. The Balaban J connectivity index is 1.57. The molecule has 160 valence electrons. The third-order valence-electron chi connectivity index (χ3n) is 4.88. The van der Waals surface area contributed by atoms with Crippen LogP contribution in [0.2, 0.25) is 0 Å². The SMILES string of the molecule is Cc1ccc(-n2c(=O)c3ccccc3n3c(SCC(=O)Nc4nc(C)cs4)nnc23)cc1. The predicted molar refractivity (Wildman–Crippen MR) is 127 cm³/mol. The van der Waals surface area contributed by atoms with Crippen molar-refractivity contribution in [2.24, 2.45) is 0 Å². The number of hydrogen-bond acceptors (Lipinski definition) is 7. The molecule has 0 fully saturated rings. The molecule has 0 bridgehead atoms. The number of fused-ring (bicyclic) bond motifs is 3. The molecule has 1 amide bonds. The van der Waals surface area contributed by atoms with Crippen LogP contribution in [0.15, 0.2) is 63.9 Å². The molecular weight excluding hydrogens is 444 g/mol. The van der Waals surface area contributed by atoms with Crippen molar-refractivity contribution in [3.05, 3.63) is 75.5 Å². The summed E-state index contributed by atoms with van der Waals surface area (Å²) in [6.07, 6.45) is 0. The van der Waals surface area contributed by atoms with Gasteiger partial charge in [-0.05, 0) is 38.1 Å². The normalized spacial score (nSPS) is 11.3. The van der Waals surface area contributed by atoms with E-state index in [1.54, 1.807) is 10.6 Å². The Morgan fingerprint density at radius 1 is 1.09 bits per heavy atom. The number of nitrogens with zero attached hydrogens (tertiary/aromatic N) is 5. The molecular formula is C22H18N6O2S2. The molecule has 10 heteroatoms. The number of aromatic nitrogens is 5. The molecule has 3 heterocycles. The average molecular weight is 463 g/mol. The van der Waals surface area contributed by atoms with E-state index in [-0.39, 0.29) is 17.2 Å². The van der Waals surface area contributed by atoms with Crippen molar-refractivity contribution in [1.82, 2.24) is 24.1 Å². The lowest BCUT2D eigenvalue weighted by atomic mass is 10.2. The van der Waals surface area contributed by atoms with E-state index in [0.717, 1.165) is 11.3 Å². The van der Waals surface area contributed by atoms with E-state index < -0.39 is 0 Å². The molecule has 0 unspecified atom stereocenters. The molecule has 0 radical (unpaired) electrons. The Kier molecular flexibility index (Phi) is 5.24. The summed E-state index contributed by atoms with van der Waals surface area (Å²) < 4.78 is 3.37. The zero-order chi connectivity index (χ0) is 22.2. The van der Waals surface area contributed by atoms with Crippen molar-refractivity contribution in [3.63, 3.8) is 0 Å². The minimum atomic E-state index is -0.183. The van der Waals surface area contributed by atoms with Crippen LogP contribution >= 0.6 is 23.1 Å². The maximum Gasteiger partial charge on any atom is 0.267 e. The molecule has 0 atom stereocenters. The van der Waals surface area contributed by atoms with Gasteiger partial charge in [-0.15, -0.1) is 21.5 Å². The largest absolute Gasteiger partial charge is 0.301 e. The van der Waals surface area contributed by atoms with Gasteiger partial charge in [0, 0.05) is 5.38 Å². The van der Waals surface area contributed by atoms with Gasteiger partial charge in [0.2, 0.25) is 11.7 Å². The smallest absolute Gasteiger partial charge is 0.267 e. The van der Waals surface area contributed by atoms with Gasteiger partial charge in [-0.25, -0.2) is 9.55 Å². The van der Waals surface area contributed by atoms with Crippen molar-refractivity contribution >= 4 is 50.8 Å². The molecule has 0 aliphatic rings. The molecule has 0 aliphatic heterocycles. The highest BCUT2D eigenvalue weighted by atomic mass is 32.2. The van der Waals surface area contributed by atoms with Gasteiger partial charge >= 0.3 is 0 Å². The Labute approximate surface area is 190 Å². The van der Waals surface area contributed by atoms with Crippen LogP contribution in [0.4, 0.5) is 5.13 Å². The molecule has 0 aliphatic carbocycles.